The number of carbonyl (C=O) groups excluding carboxylic acids is 2. The molecule has 0 aliphatic heterocycles. The third-order valence-electron chi connectivity index (χ3n) is 5.05. The number of thiophene rings is 1. The Hall–Kier alpha value is -3.57. The molecule has 0 radical (unpaired) electrons. The van der Waals surface area contributed by atoms with Crippen molar-refractivity contribution < 1.29 is 19.1 Å². The first-order valence-corrected chi connectivity index (χ1v) is 12.5. The van der Waals surface area contributed by atoms with Crippen LogP contribution >= 0.6 is 22.7 Å². The zero-order chi connectivity index (χ0) is 25.1. The predicted molar refractivity (Wildman–Crippen MR) is 136 cm³/mol. The monoisotopic (exact) mass is 512 g/mol. The third kappa shape index (κ3) is 5.41. The maximum absolute atomic E-state index is 13.2. The van der Waals surface area contributed by atoms with Crippen LogP contribution in [0.3, 0.4) is 0 Å². The lowest BCUT2D eigenvalue weighted by molar-refractivity contribution is -0.116. The topological polar surface area (TPSA) is 112 Å². The number of ether oxygens (including phenoxy) is 2. The lowest BCUT2D eigenvalue weighted by Crippen LogP contribution is -2.27. The lowest BCUT2D eigenvalue weighted by atomic mass is 10.1. The molecule has 1 N–H and O–H groups in total. The second-order valence-electron chi connectivity index (χ2n) is 8.21. The fourth-order valence-electron chi connectivity index (χ4n) is 3.32. The molecule has 1 aromatic carbocycles. The van der Waals surface area contributed by atoms with Crippen LogP contribution in [0.4, 0.5) is 5.13 Å². The van der Waals surface area contributed by atoms with Crippen LogP contribution in [0.25, 0.3) is 21.3 Å². The molecule has 0 fully saturated rings. The second kappa shape index (κ2) is 10.4. The summed E-state index contributed by atoms with van der Waals surface area (Å²) in [5.41, 5.74) is 1.76. The van der Waals surface area contributed by atoms with E-state index in [1.54, 1.807) is 14.0 Å². The van der Waals surface area contributed by atoms with Crippen molar-refractivity contribution in [1.82, 2.24) is 14.5 Å². The Labute approximate surface area is 209 Å². The first kappa shape index (κ1) is 24.6. The van der Waals surface area contributed by atoms with Gasteiger partial charge in [-0.3, -0.25) is 14.2 Å². The maximum Gasteiger partial charge on any atom is 0.350 e. The molecule has 182 valence electrons. The molecule has 0 saturated carbocycles. The molecule has 0 bridgehead atoms. The van der Waals surface area contributed by atoms with E-state index in [0.717, 1.165) is 22.5 Å². The van der Waals surface area contributed by atoms with E-state index in [0.29, 0.717) is 33.1 Å². The van der Waals surface area contributed by atoms with E-state index in [-0.39, 0.29) is 23.2 Å². The molecular weight excluding hydrogens is 488 g/mol. The number of benzene rings is 1. The normalized spacial score (nSPS) is 11.1. The zero-order valence-corrected chi connectivity index (χ0v) is 21.3. The molecule has 3 aromatic heterocycles. The van der Waals surface area contributed by atoms with Crippen molar-refractivity contribution in [3.8, 4) is 16.9 Å². The number of nitrogens with zero attached hydrogens (tertiary/aromatic N) is 3. The molecular formula is C24H24N4O5S2. The minimum atomic E-state index is -0.469. The van der Waals surface area contributed by atoms with Crippen molar-refractivity contribution in [2.45, 2.75) is 27.3 Å². The molecule has 3 heterocycles. The third-order valence-corrected chi connectivity index (χ3v) is 6.99. The van der Waals surface area contributed by atoms with Crippen LogP contribution in [0, 0.1) is 12.8 Å². The zero-order valence-electron chi connectivity index (χ0n) is 19.7. The molecule has 0 aliphatic carbocycles. The number of thiazole rings is 1. The number of hydrogen-bond donors (Lipinski definition) is 1. The van der Waals surface area contributed by atoms with Crippen molar-refractivity contribution in [1.29, 1.82) is 0 Å². The Kier molecular flexibility index (Phi) is 7.27. The summed E-state index contributed by atoms with van der Waals surface area (Å²) in [5.74, 6) is 0.00671. The molecule has 9 nitrogen and oxygen atoms in total. The van der Waals surface area contributed by atoms with E-state index in [4.69, 9.17) is 9.47 Å². The highest BCUT2D eigenvalue weighted by Gasteiger charge is 2.19. The summed E-state index contributed by atoms with van der Waals surface area (Å²) in [4.78, 5) is 47.7. The summed E-state index contributed by atoms with van der Waals surface area (Å²) < 4.78 is 11.7. The van der Waals surface area contributed by atoms with Gasteiger partial charge in [0, 0.05) is 10.9 Å². The lowest BCUT2D eigenvalue weighted by Gasteiger charge is -2.07. The van der Waals surface area contributed by atoms with Crippen molar-refractivity contribution in [2.75, 3.05) is 19.0 Å². The average Bonchev–Trinajstić information content (AvgIpc) is 3.43. The van der Waals surface area contributed by atoms with Gasteiger partial charge in [0.2, 0.25) is 5.91 Å². The fourth-order valence-corrected chi connectivity index (χ4v) is 5.11. The average molecular weight is 513 g/mol. The number of carbonyl (C=O) groups is 2. The van der Waals surface area contributed by atoms with Gasteiger partial charge in [0.15, 0.2) is 5.13 Å². The van der Waals surface area contributed by atoms with Gasteiger partial charge in [-0.1, -0.05) is 37.3 Å². The second-order valence-corrected chi connectivity index (χ2v) is 10.1. The number of amides is 1. The number of rotatable bonds is 8. The van der Waals surface area contributed by atoms with E-state index in [2.05, 4.69) is 15.3 Å². The van der Waals surface area contributed by atoms with Gasteiger partial charge in [-0.25, -0.2) is 14.8 Å². The molecule has 0 atom stereocenters. The highest BCUT2D eigenvalue weighted by atomic mass is 32.1. The van der Waals surface area contributed by atoms with E-state index < -0.39 is 11.9 Å². The van der Waals surface area contributed by atoms with Gasteiger partial charge in [-0.2, -0.15) is 0 Å². The molecule has 0 saturated heterocycles. The first-order chi connectivity index (χ1) is 16.8. The van der Waals surface area contributed by atoms with Gasteiger partial charge >= 0.3 is 5.97 Å². The number of nitrogens with one attached hydrogen (secondary N) is 1. The smallest absolute Gasteiger partial charge is 0.350 e. The van der Waals surface area contributed by atoms with Crippen molar-refractivity contribution >= 4 is 49.9 Å². The Morgan fingerprint density at radius 1 is 1.20 bits per heavy atom. The SMILES string of the molecule is COc1ccc(-c2csc3ncn(CC(=O)Nc4nc(C)c(C(=O)OCC(C)C)s4)c(=O)c23)cc1. The largest absolute Gasteiger partial charge is 0.497 e. The van der Waals surface area contributed by atoms with Gasteiger partial charge in [0.05, 0.1) is 31.1 Å². The van der Waals surface area contributed by atoms with E-state index in [9.17, 15) is 14.4 Å². The summed E-state index contributed by atoms with van der Waals surface area (Å²) >= 11 is 2.41. The number of methoxy groups -OCH3 is 1. The summed E-state index contributed by atoms with van der Waals surface area (Å²) in [6.45, 7) is 5.63. The molecule has 1 amide bonds. The number of aromatic nitrogens is 3. The standard InChI is InChI=1S/C24H24N4O5S2/c1-13(2)10-33-23(31)20-14(3)26-24(35-20)27-18(29)9-28-12-25-21-19(22(28)30)17(11-34-21)15-5-7-16(32-4)8-6-15/h5-8,11-13H,9-10H2,1-4H3,(H,26,27,29). The molecule has 4 rings (SSSR count). The van der Waals surface area contributed by atoms with Gasteiger partial charge in [-0.05, 0) is 30.5 Å². The van der Waals surface area contributed by atoms with Gasteiger partial charge in [0.25, 0.3) is 5.56 Å². The highest BCUT2D eigenvalue weighted by molar-refractivity contribution is 7.17. The fraction of sp³-hybridized carbons (Fsp3) is 0.292. The number of aryl methyl sites for hydroxylation is 1. The van der Waals surface area contributed by atoms with Crippen LogP contribution in [-0.4, -0.2) is 40.1 Å². The Balaban J connectivity index is 1.52. The molecule has 35 heavy (non-hydrogen) atoms. The predicted octanol–water partition coefficient (Wildman–Crippen LogP) is 4.35. The summed E-state index contributed by atoms with van der Waals surface area (Å²) in [6, 6.07) is 7.39. The molecule has 0 unspecified atom stereocenters. The molecule has 0 spiro atoms. The number of anilines is 1. The number of hydrogen-bond acceptors (Lipinski definition) is 9. The highest BCUT2D eigenvalue weighted by Crippen LogP contribution is 2.31. The van der Waals surface area contributed by atoms with E-state index >= 15 is 0 Å². The Morgan fingerprint density at radius 3 is 2.63 bits per heavy atom. The Morgan fingerprint density at radius 2 is 1.94 bits per heavy atom. The maximum atomic E-state index is 13.2. The van der Waals surface area contributed by atoms with Crippen LogP contribution in [0.15, 0.2) is 40.8 Å². The van der Waals surface area contributed by atoms with E-state index in [1.165, 1.54) is 22.2 Å². The molecule has 11 heteroatoms. The summed E-state index contributed by atoms with van der Waals surface area (Å²) in [7, 11) is 1.59. The van der Waals surface area contributed by atoms with Gasteiger partial charge in [0.1, 0.15) is 22.0 Å². The Bertz CT molecular complexity index is 1440. The van der Waals surface area contributed by atoms with Crippen LogP contribution in [0.1, 0.15) is 29.2 Å². The van der Waals surface area contributed by atoms with E-state index in [1.807, 2.05) is 43.5 Å². The van der Waals surface area contributed by atoms with Crippen LogP contribution < -0.4 is 15.6 Å². The molecule has 0 aliphatic rings. The van der Waals surface area contributed by atoms with Crippen molar-refractivity contribution in [3.05, 3.63) is 56.9 Å². The van der Waals surface area contributed by atoms with Gasteiger partial charge in [-0.15, -0.1) is 11.3 Å². The first-order valence-electron chi connectivity index (χ1n) is 10.8. The minimum Gasteiger partial charge on any atom is -0.497 e. The van der Waals surface area contributed by atoms with Crippen molar-refractivity contribution in [3.63, 3.8) is 0 Å². The molecule has 4 aromatic rings. The quantitative estimate of drug-likeness (QED) is 0.349. The van der Waals surface area contributed by atoms with Crippen LogP contribution in [0.2, 0.25) is 0 Å². The van der Waals surface area contributed by atoms with Crippen LogP contribution in [0.5, 0.6) is 5.75 Å². The van der Waals surface area contributed by atoms with Gasteiger partial charge < -0.3 is 14.8 Å². The summed E-state index contributed by atoms with van der Waals surface area (Å²) in [5, 5.41) is 5.26. The summed E-state index contributed by atoms with van der Waals surface area (Å²) in [6.07, 6.45) is 1.36. The number of fused-ring (bicyclic) bond motifs is 1. The number of esters is 1. The van der Waals surface area contributed by atoms with Crippen molar-refractivity contribution in [2.24, 2.45) is 5.92 Å². The van der Waals surface area contributed by atoms with Crippen LogP contribution in [-0.2, 0) is 16.1 Å². The minimum absolute atomic E-state index is 0.212.